The number of benzene rings is 2. The summed E-state index contributed by atoms with van der Waals surface area (Å²) in [6, 6.07) is 15.5. The van der Waals surface area contributed by atoms with E-state index in [4.69, 9.17) is 0 Å². The van der Waals surface area contributed by atoms with Crippen molar-refractivity contribution in [1.82, 2.24) is 0 Å². The van der Waals surface area contributed by atoms with Crippen LogP contribution in [0.4, 0.5) is 17.1 Å². The normalized spacial score (nSPS) is 14.0. The van der Waals surface area contributed by atoms with Crippen molar-refractivity contribution in [3.05, 3.63) is 54.1 Å². The first-order valence-corrected chi connectivity index (χ1v) is 9.07. The molecular formula is C21H25N3O2. The Morgan fingerprint density at radius 1 is 1.15 bits per heavy atom. The molecule has 0 aliphatic carbocycles. The van der Waals surface area contributed by atoms with Gasteiger partial charge in [0.2, 0.25) is 11.8 Å². The van der Waals surface area contributed by atoms with E-state index in [-0.39, 0.29) is 18.4 Å². The van der Waals surface area contributed by atoms with Gasteiger partial charge in [0, 0.05) is 18.7 Å². The maximum absolute atomic E-state index is 12.3. The molecule has 2 aromatic rings. The van der Waals surface area contributed by atoms with Crippen LogP contribution in [-0.4, -0.2) is 24.9 Å². The van der Waals surface area contributed by atoms with Crippen molar-refractivity contribution in [3.63, 3.8) is 0 Å². The summed E-state index contributed by atoms with van der Waals surface area (Å²) < 4.78 is 0. The van der Waals surface area contributed by atoms with Gasteiger partial charge in [-0.2, -0.15) is 0 Å². The molecule has 26 heavy (non-hydrogen) atoms. The molecule has 1 aliphatic heterocycles. The third-order valence-corrected chi connectivity index (χ3v) is 4.54. The number of carbonyl (C=O) groups is 2. The fraction of sp³-hybridized carbons (Fsp3) is 0.333. The van der Waals surface area contributed by atoms with Crippen LogP contribution in [0.15, 0.2) is 48.5 Å². The topological polar surface area (TPSA) is 61.4 Å². The monoisotopic (exact) mass is 351 g/mol. The summed E-state index contributed by atoms with van der Waals surface area (Å²) in [5, 5.41) is 6.09. The molecule has 1 heterocycles. The fourth-order valence-corrected chi connectivity index (χ4v) is 3.12. The van der Waals surface area contributed by atoms with E-state index in [0.29, 0.717) is 12.3 Å². The van der Waals surface area contributed by atoms with E-state index in [9.17, 15) is 9.59 Å². The van der Waals surface area contributed by atoms with Crippen LogP contribution in [0.25, 0.3) is 0 Å². The average Bonchev–Trinajstić information content (AvgIpc) is 3.06. The lowest BCUT2D eigenvalue weighted by molar-refractivity contribution is -0.117. The molecule has 0 unspecified atom stereocenters. The summed E-state index contributed by atoms with van der Waals surface area (Å²) in [6.45, 7) is 5.12. The summed E-state index contributed by atoms with van der Waals surface area (Å²) in [6.07, 6.45) is 1.46. The van der Waals surface area contributed by atoms with Gasteiger partial charge in [-0.3, -0.25) is 9.59 Å². The highest BCUT2D eigenvalue weighted by atomic mass is 16.2. The SMILES string of the molecule is CC(C)c1cccc(NC(=O)CNc2ccccc2N2CCCC2=O)c1. The van der Waals surface area contributed by atoms with Crippen LogP contribution in [0, 0.1) is 0 Å². The lowest BCUT2D eigenvalue weighted by Gasteiger charge is -2.20. The number of amides is 2. The number of anilines is 3. The number of nitrogens with one attached hydrogen (secondary N) is 2. The largest absolute Gasteiger partial charge is 0.374 e. The average molecular weight is 351 g/mol. The van der Waals surface area contributed by atoms with Gasteiger partial charge >= 0.3 is 0 Å². The van der Waals surface area contributed by atoms with E-state index in [0.717, 1.165) is 30.0 Å². The molecule has 1 aliphatic rings. The number of para-hydroxylation sites is 2. The van der Waals surface area contributed by atoms with Crippen LogP contribution in [0.3, 0.4) is 0 Å². The summed E-state index contributed by atoms with van der Waals surface area (Å²) >= 11 is 0. The summed E-state index contributed by atoms with van der Waals surface area (Å²) in [4.78, 5) is 26.1. The molecule has 0 spiro atoms. The van der Waals surface area contributed by atoms with E-state index in [1.165, 1.54) is 5.56 Å². The molecule has 136 valence electrons. The molecule has 0 saturated carbocycles. The smallest absolute Gasteiger partial charge is 0.243 e. The van der Waals surface area contributed by atoms with Crippen LogP contribution < -0.4 is 15.5 Å². The van der Waals surface area contributed by atoms with Crippen molar-refractivity contribution in [1.29, 1.82) is 0 Å². The van der Waals surface area contributed by atoms with Crippen molar-refractivity contribution in [2.45, 2.75) is 32.6 Å². The predicted octanol–water partition coefficient (Wildman–Crippen LogP) is 3.99. The Morgan fingerprint density at radius 2 is 1.96 bits per heavy atom. The molecule has 1 saturated heterocycles. The number of hydrogen-bond donors (Lipinski definition) is 2. The third-order valence-electron chi connectivity index (χ3n) is 4.54. The van der Waals surface area contributed by atoms with E-state index in [1.807, 2.05) is 42.5 Å². The van der Waals surface area contributed by atoms with E-state index in [1.54, 1.807) is 4.90 Å². The minimum Gasteiger partial charge on any atom is -0.374 e. The van der Waals surface area contributed by atoms with Gasteiger partial charge in [0.25, 0.3) is 0 Å². The maximum atomic E-state index is 12.3. The molecule has 5 nitrogen and oxygen atoms in total. The van der Waals surface area contributed by atoms with E-state index in [2.05, 4.69) is 30.5 Å². The zero-order chi connectivity index (χ0) is 18.5. The highest BCUT2D eigenvalue weighted by Gasteiger charge is 2.23. The Kier molecular flexibility index (Phi) is 5.56. The maximum Gasteiger partial charge on any atom is 0.243 e. The minimum absolute atomic E-state index is 0.117. The molecule has 5 heteroatoms. The second-order valence-corrected chi connectivity index (χ2v) is 6.85. The third kappa shape index (κ3) is 4.23. The lowest BCUT2D eigenvalue weighted by atomic mass is 10.0. The lowest BCUT2D eigenvalue weighted by Crippen LogP contribution is -2.26. The fourth-order valence-electron chi connectivity index (χ4n) is 3.12. The number of rotatable bonds is 6. The Hall–Kier alpha value is -2.82. The van der Waals surface area contributed by atoms with Crippen LogP contribution >= 0.6 is 0 Å². The van der Waals surface area contributed by atoms with Crippen LogP contribution in [0.2, 0.25) is 0 Å². The van der Waals surface area contributed by atoms with Crippen LogP contribution in [0.5, 0.6) is 0 Å². The highest BCUT2D eigenvalue weighted by Crippen LogP contribution is 2.29. The van der Waals surface area contributed by atoms with Crippen LogP contribution in [0.1, 0.15) is 38.2 Å². The van der Waals surface area contributed by atoms with Crippen molar-refractivity contribution >= 4 is 28.9 Å². The second kappa shape index (κ2) is 8.04. The molecule has 0 aromatic heterocycles. The van der Waals surface area contributed by atoms with Crippen molar-refractivity contribution in [3.8, 4) is 0 Å². The molecule has 2 N–H and O–H groups in total. The van der Waals surface area contributed by atoms with Crippen molar-refractivity contribution < 1.29 is 9.59 Å². The van der Waals surface area contributed by atoms with Crippen molar-refractivity contribution in [2.24, 2.45) is 0 Å². The van der Waals surface area contributed by atoms with Gasteiger partial charge in [-0.25, -0.2) is 0 Å². The molecular weight excluding hydrogens is 326 g/mol. The molecule has 0 radical (unpaired) electrons. The van der Waals surface area contributed by atoms with E-state index >= 15 is 0 Å². The molecule has 2 amide bonds. The quantitative estimate of drug-likeness (QED) is 0.827. The zero-order valence-corrected chi connectivity index (χ0v) is 15.3. The number of hydrogen-bond acceptors (Lipinski definition) is 3. The van der Waals surface area contributed by atoms with Crippen LogP contribution in [-0.2, 0) is 9.59 Å². The van der Waals surface area contributed by atoms with Gasteiger partial charge in [0.15, 0.2) is 0 Å². The standard InChI is InChI=1S/C21H25N3O2/c1-15(2)16-7-5-8-17(13-16)23-20(25)14-22-18-9-3-4-10-19(18)24-12-6-11-21(24)26/h3-5,7-10,13,15,22H,6,11-12,14H2,1-2H3,(H,23,25). The second-order valence-electron chi connectivity index (χ2n) is 6.85. The molecule has 2 aromatic carbocycles. The van der Waals surface area contributed by atoms with Gasteiger partial charge in [-0.1, -0.05) is 38.1 Å². The van der Waals surface area contributed by atoms with Gasteiger partial charge in [-0.15, -0.1) is 0 Å². The Labute approximate surface area is 154 Å². The summed E-state index contributed by atoms with van der Waals surface area (Å²) in [5.74, 6) is 0.428. The van der Waals surface area contributed by atoms with Crippen molar-refractivity contribution in [2.75, 3.05) is 28.6 Å². The first-order valence-electron chi connectivity index (χ1n) is 9.07. The first kappa shape index (κ1) is 18.0. The van der Waals surface area contributed by atoms with E-state index < -0.39 is 0 Å². The molecule has 3 rings (SSSR count). The number of nitrogens with zero attached hydrogens (tertiary/aromatic N) is 1. The number of carbonyl (C=O) groups excluding carboxylic acids is 2. The van der Waals surface area contributed by atoms with Gasteiger partial charge < -0.3 is 15.5 Å². The summed E-state index contributed by atoms with van der Waals surface area (Å²) in [5.41, 5.74) is 3.62. The predicted molar refractivity (Wildman–Crippen MR) is 106 cm³/mol. The molecule has 1 fully saturated rings. The minimum atomic E-state index is -0.117. The highest BCUT2D eigenvalue weighted by molar-refractivity contribution is 5.99. The molecule has 0 bridgehead atoms. The Bertz CT molecular complexity index is 801. The first-order chi connectivity index (χ1) is 12.5. The molecule has 0 atom stereocenters. The Morgan fingerprint density at radius 3 is 2.69 bits per heavy atom. The van der Waals surface area contributed by atoms with Gasteiger partial charge in [-0.05, 0) is 42.2 Å². The van der Waals surface area contributed by atoms with Gasteiger partial charge in [0.1, 0.15) is 0 Å². The summed E-state index contributed by atoms with van der Waals surface area (Å²) in [7, 11) is 0. The Balaban J connectivity index is 1.63. The van der Waals surface area contributed by atoms with Gasteiger partial charge in [0.05, 0.1) is 17.9 Å². The zero-order valence-electron chi connectivity index (χ0n) is 15.3.